The fraction of sp³-hybridized carbons (Fsp3) is 0.273. The lowest BCUT2D eigenvalue weighted by molar-refractivity contribution is -0.384. The second-order valence-electron chi connectivity index (χ2n) is 10.3. The number of oxime groups is 1. The van der Waals surface area contributed by atoms with Gasteiger partial charge < -0.3 is 9.40 Å². The molecule has 4 aromatic rings. The molecule has 0 saturated carbocycles. The minimum absolute atomic E-state index is 0.0867. The Labute approximate surface area is 235 Å². The molecule has 206 valence electrons. The lowest BCUT2D eigenvalue weighted by Gasteiger charge is -2.16. The van der Waals surface area contributed by atoms with Crippen molar-refractivity contribution in [2.24, 2.45) is 5.16 Å². The normalized spacial score (nSPS) is 11.3. The second kappa shape index (κ2) is 13.5. The zero-order valence-corrected chi connectivity index (χ0v) is 23.2. The highest BCUT2D eigenvalue weighted by Crippen LogP contribution is 2.27. The largest absolute Gasteiger partial charge is 0.357 e. The van der Waals surface area contributed by atoms with E-state index < -0.39 is 0 Å². The van der Waals surface area contributed by atoms with Gasteiger partial charge in [-0.15, -0.1) is 0 Å². The van der Waals surface area contributed by atoms with Crippen molar-refractivity contribution in [1.29, 1.82) is 0 Å². The van der Waals surface area contributed by atoms with Gasteiger partial charge in [-0.3, -0.25) is 14.9 Å². The predicted octanol–water partition coefficient (Wildman–Crippen LogP) is 7.89. The summed E-state index contributed by atoms with van der Waals surface area (Å²) in [4.78, 5) is 29.8. The van der Waals surface area contributed by atoms with Gasteiger partial charge in [0.25, 0.3) is 5.69 Å². The third-order valence-electron chi connectivity index (χ3n) is 6.81. The van der Waals surface area contributed by atoms with Gasteiger partial charge in [0.05, 0.1) is 16.8 Å². The molecule has 7 nitrogen and oxygen atoms in total. The minimum atomic E-state index is -0.382. The van der Waals surface area contributed by atoms with Gasteiger partial charge in [0.2, 0.25) is 0 Å². The fourth-order valence-electron chi connectivity index (χ4n) is 4.79. The number of Topliss-reactive ketones (excluding diaryl/α,β-unsaturated/α-hetero) is 1. The monoisotopic (exact) mass is 537 g/mol. The third kappa shape index (κ3) is 7.53. The summed E-state index contributed by atoms with van der Waals surface area (Å²) in [7, 11) is 0. The Morgan fingerprint density at radius 2 is 1.70 bits per heavy atom. The predicted molar refractivity (Wildman–Crippen MR) is 158 cm³/mol. The van der Waals surface area contributed by atoms with E-state index in [1.54, 1.807) is 18.3 Å². The highest BCUT2D eigenvalue weighted by molar-refractivity contribution is 5.99. The Morgan fingerprint density at radius 3 is 2.40 bits per heavy atom. The van der Waals surface area contributed by atoms with E-state index in [4.69, 9.17) is 4.84 Å². The molecule has 0 bridgehead atoms. The van der Waals surface area contributed by atoms with Gasteiger partial charge in [0.1, 0.15) is 0 Å². The van der Waals surface area contributed by atoms with Crippen LogP contribution in [0.2, 0.25) is 0 Å². The van der Waals surface area contributed by atoms with E-state index in [9.17, 15) is 14.9 Å². The summed E-state index contributed by atoms with van der Waals surface area (Å²) in [5, 5.41) is 15.3. The Balaban J connectivity index is 1.52. The van der Waals surface area contributed by atoms with Gasteiger partial charge in [-0.1, -0.05) is 79.2 Å². The third-order valence-corrected chi connectivity index (χ3v) is 6.81. The van der Waals surface area contributed by atoms with Gasteiger partial charge in [0.15, 0.2) is 11.5 Å². The van der Waals surface area contributed by atoms with Crippen LogP contribution in [0.1, 0.15) is 77.5 Å². The number of aryl methyl sites for hydroxylation is 2. The van der Waals surface area contributed by atoms with E-state index >= 15 is 0 Å². The molecular weight excluding hydrogens is 502 g/mol. The first-order chi connectivity index (χ1) is 19.3. The number of aromatic nitrogens is 1. The van der Waals surface area contributed by atoms with Gasteiger partial charge in [-0.2, -0.15) is 0 Å². The molecule has 0 unspecified atom stereocenters. The fourth-order valence-corrected chi connectivity index (χ4v) is 4.79. The van der Waals surface area contributed by atoms with Gasteiger partial charge in [-0.05, 0) is 61.4 Å². The molecule has 0 N–H and O–H groups in total. The molecule has 7 heteroatoms. The summed E-state index contributed by atoms with van der Waals surface area (Å²) >= 11 is 0. The van der Waals surface area contributed by atoms with E-state index in [-0.39, 0.29) is 22.3 Å². The maximum Gasteiger partial charge on any atom is 0.269 e. The summed E-state index contributed by atoms with van der Waals surface area (Å²) in [5.41, 5.74) is 5.76. The maximum absolute atomic E-state index is 13.5. The number of benzene rings is 3. The van der Waals surface area contributed by atoms with E-state index in [0.717, 1.165) is 34.5 Å². The molecule has 0 aliphatic heterocycles. The zero-order valence-electron chi connectivity index (χ0n) is 23.2. The van der Waals surface area contributed by atoms with Crippen molar-refractivity contribution in [2.45, 2.75) is 58.9 Å². The van der Waals surface area contributed by atoms with Crippen molar-refractivity contribution in [3.8, 4) is 5.75 Å². The lowest BCUT2D eigenvalue weighted by Crippen LogP contribution is -2.12. The van der Waals surface area contributed by atoms with Crippen molar-refractivity contribution < 1.29 is 14.6 Å². The number of carbonyl (C=O) groups is 1. The number of nitro benzene ring substituents is 1. The summed E-state index contributed by atoms with van der Waals surface area (Å²) in [6.07, 6.45) is 4.24. The number of nitro groups is 1. The van der Waals surface area contributed by atoms with Gasteiger partial charge in [-0.25, -0.2) is 0 Å². The summed E-state index contributed by atoms with van der Waals surface area (Å²) < 4.78 is 2.15. The molecular formula is C33H35N3O4. The van der Waals surface area contributed by atoms with Crippen LogP contribution in [-0.2, 0) is 13.0 Å². The quantitative estimate of drug-likeness (QED) is 0.0570. The molecule has 0 spiro atoms. The molecule has 0 fully saturated rings. The molecule has 0 aliphatic carbocycles. The van der Waals surface area contributed by atoms with Crippen molar-refractivity contribution in [1.82, 2.24) is 4.57 Å². The van der Waals surface area contributed by atoms with Crippen LogP contribution in [0.15, 0.2) is 90.1 Å². The first kappa shape index (κ1) is 28.5. The zero-order chi connectivity index (χ0) is 28.5. The molecule has 1 heterocycles. The van der Waals surface area contributed by atoms with Crippen LogP contribution in [0.3, 0.4) is 0 Å². The Bertz CT molecular complexity index is 1470. The van der Waals surface area contributed by atoms with E-state index in [1.165, 1.54) is 6.07 Å². The average molecular weight is 538 g/mol. The molecule has 0 radical (unpaired) electrons. The van der Waals surface area contributed by atoms with Crippen molar-refractivity contribution in [2.75, 3.05) is 0 Å². The Kier molecular flexibility index (Phi) is 9.62. The van der Waals surface area contributed by atoms with E-state index in [2.05, 4.69) is 35.7 Å². The van der Waals surface area contributed by atoms with Crippen LogP contribution in [0.4, 0.5) is 5.69 Å². The molecule has 40 heavy (non-hydrogen) atoms. The summed E-state index contributed by atoms with van der Waals surface area (Å²) in [6, 6.07) is 26.4. The van der Waals surface area contributed by atoms with Crippen molar-refractivity contribution >= 4 is 17.7 Å². The number of rotatable bonds is 13. The van der Waals surface area contributed by atoms with Gasteiger partial charge >= 0.3 is 0 Å². The molecule has 4 rings (SSSR count). The second-order valence-corrected chi connectivity index (χ2v) is 10.3. The molecule has 0 atom stereocenters. The maximum atomic E-state index is 13.5. The average Bonchev–Trinajstić information content (AvgIpc) is 3.31. The van der Waals surface area contributed by atoms with Gasteiger partial charge in [0, 0.05) is 36.4 Å². The Hall–Kier alpha value is -4.52. The van der Waals surface area contributed by atoms with Crippen molar-refractivity contribution in [3.05, 3.63) is 129 Å². The standard InChI is InChI=1S/C33H35N3O4/c1-24(2)33-31(32(37)15-8-7-10-26-13-9-14-28(20-26)36(38)39)21-29(35(33)23-27-11-5-4-6-12-27)22-34-40-30-18-16-25(3)17-19-30/h4-6,9,11-14,16-22,24H,7-8,10,15,23H2,1-3H3. The van der Waals surface area contributed by atoms with E-state index in [0.29, 0.717) is 37.1 Å². The van der Waals surface area contributed by atoms with Crippen LogP contribution < -0.4 is 4.84 Å². The first-order valence-electron chi connectivity index (χ1n) is 13.6. The molecule has 0 saturated heterocycles. The smallest absolute Gasteiger partial charge is 0.269 e. The van der Waals surface area contributed by atoms with Crippen LogP contribution >= 0.6 is 0 Å². The minimum Gasteiger partial charge on any atom is -0.357 e. The molecule has 0 aliphatic rings. The van der Waals surface area contributed by atoms with Crippen LogP contribution in [-0.4, -0.2) is 21.5 Å². The SMILES string of the molecule is Cc1ccc(ON=Cc2cc(C(=O)CCCCc3cccc([N+](=O)[O-])c3)c(C(C)C)n2Cc2ccccc2)cc1. The Morgan fingerprint density at radius 1 is 0.975 bits per heavy atom. The molecule has 1 aromatic heterocycles. The number of hydrogen-bond acceptors (Lipinski definition) is 5. The van der Waals surface area contributed by atoms with Crippen molar-refractivity contribution in [3.63, 3.8) is 0 Å². The van der Waals surface area contributed by atoms with Crippen LogP contribution in [0, 0.1) is 17.0 Å². The number of ketones is 1. The topological polar surface area (TPSA) is 86.7 Å². The van der Waals surface area contributed by atoms with Crippen LogP contribution in [0.25, 0.3) is 0 Å². The molecule has 3 aromatic carbocycles. The first-order valence-corrected chi connectivity index (χ1v) is 13.6. The number of carbonyl (C=O) groups excluding carboxylic acids is 1. The number of hydrogen-bond donors (Lipinski definition) is 0. The molecule has 0 amide bonds. The highest BCUT2D eigenvalue weighted by atomic mass is 16.6. The summed E-state index contributed by atoms with van der Waals surface area (Å²) in [6.45, 7) is 6.82. The van der Waals surface area contributed by atoms with E-state index in [1.807, 2.05) is 61.5 Å². The lowest BCUT2D eigenvalue weighted by atomic mass is 9.98. The number of non-ortho nitro benzene ring substituents is 1. The number of nitrogens with zero attached hydrogens (tertiary/aromatic N) is 3. The number of unbranched alkanes of at least 4 members (excludes halogenated alkanes) is 1. The summed E-state index contributed by atoms with van der Waals surface area (Å²) in [5.74, 6) is 0.850. The highest BCUT2D eigenvalue weighted by Gasteiger charge is 2.22. The van der Waals surface area contributed by atoms with Crippen LogP contribution in [0.5, 0.6) is 5.75 Å².